The van der Waals surface area contributed by atoms with E-state index in [4.69, 9.17) is 25.5 Å². The third-order valence-corrected chi connectivity index (χ3v) is 1.67. The highest BCUT2D eigenvalue weighted by molar-refractivity contribution is 5.80. The van der Waals surface area contributed by atoms with Crippen LogP contribution in [0.3, 0.4) is 0 Å². The van der Waals surface area contributed by atoms with Crippen LogP contribution in [0.5, 0.6) is 0 Å². The SMILES string of the molecule is CC(=O)[C@H](O)[C@@H](O)[C@@H](O)[C@H](O)CO. The topological polar surface area (TPSA) is 118 Å². The minimum absolute atomic E-state index is 0.725. The quantitative estimate of drug-likeness (QED) is 0.318. The summed E-state index contributed by atoms with van der Waals surface area (Å²) in [4.78, 5) is 10.5. The van der Waals surface area contributed by atoms with Crippen molar-refractivity contribution in [2.24, 2.45) is 0 Å². The minimum atomic E-state index is -1.79. The van der Waals surface area contributed by atoms with Gasteiger partial charge in [0.25, 0.3) is 0 Å². The third kappa shape index (κ3) is 3.37. The molecule has 0 aliphatic rings. The largest absolute Gasteiger partial charge is 0.394 e. The van der Waals surface area contributed by atoms with E-state index in [1.807, 2.05) is 0 Å². The van der Waals surface area contributed by atoms with Crippen LogP contribution in [-0.2, 0) is 4.79 Å². The molecule has 0 spiro atoms. The Morgan fingerprint density at radius 1 is 1.15 bits per heavy atom. The summed E-state index contributed by atoms with van der Waals surface area (Å²) in [5.41, 5.74) is 0. The molecule has 0 aliphatic carbocycles. The highest BCUT2D eigenvalue weighted by Crippen LogP contribution is 2.05. The fraction of sp³-hybridized carbons (Fsp3) is 0.857. The van der Waals surface area contributed by atoms with Crippen LogP contribution in [0.1, 0.15) is 6.92 Å². The normalized spacial score (nSPS) is 20.5. The van der Waals surface area contributed by atoms with Gasteiger partial charge in [0.2, 0.25) is 0 Å². The molecule has 13 heavy (non-hydrogen) atoms. The third-order valence-electron chi connectivity index (χ3n) is 1.67. The molecule has 0 amide bonds. The van der Waals surface area contributed by atoms with Gasteiger partial charge in [-0.3, -0.25) is 4.79 Å². The molecule has 5 N–H and O–H groups in total. The lowest BCUT2D eigenvalue weighted by Gasteiger charge is -2.23. The summed E-state index contributed by atoms with van der Waals surface area (Å²) in [6.45, 7) is 0.273. The Bertz CT molecular complexity index is 170. The van der Waals surface area contributed by atoms with E-state index in [2.05, 4.69) is 0 Å². The van der Waals surface area contributed by atoms with Crippen LogP contribution in [-0.4, -0.2) is 62.3 Å². The van der Waals surface area contributed by atoms with Gasteiger partial charge >= 0.3 is 0 Å². The first-order valence-corrected chi connectivity index (χ1v) is 3.75. The molecule has 6 nitrogen and oxygen atoms in total. The Morgan fingerprint density at radius 3 is 1.92 bits per heavy atom. The number of carbonyl (C=O) groups excluding carboxylic acids is 1. The summed E-state index contributed by atoms with van der Waals surface area (Å²) >= 11 is 0. The maximum Gasteiger partial charge on any atom is 0.160 e. The molecule has 0 unspecified atom stereocenters. The van der Waals surface area contributed by atoms with Crippen molar-refractivity contribution in [2.45, 2.75) is 31.3 Å². The minimum Gasteiger partial charge on any atom is -0.394 e. The summed E-state index contributed by atoms with van der Waals surface area (Å²) in [6, 6.07) is 0. The Morgan fingerprint density at radius 2 is 1.62 bits per heavy atom. The number of ketones is 1. The average Bonchev–Trinajstić information content (AvgIpc) is 2.12. The molecule has 4 atom stereocenters. The predicted molar refractivity (Wildman–Crippen MR) is 41.8 cm³/mol. The summed E-state index contributed by atoms with van der Waals surface area (Å²) in [5.74, 6) is -0.725. The molecule has 0 rings (SSSR count). The van der Waals surface area contributed by atoms with Crippen molar-refractivity contribution in [3.63, 3.8) is 0 Å². The van der Waals surface area contributed by atoms with Crippen LogP contribution in [0.15, 0.2) is 0 Å². The zero-order valence-electron chi connectivity index (χ0n) is 7.16. The number of Topliss-reactive ketones (excluding diaryl/α,β-unsaturated/α-hetero) is 1. The van der Waals surface area contributed by atoms with Crippen molar-refractivity contribution in [2.75, 3.05) is 6.61 Å². The van der Waals surface area contributed by atoms with Crippen LogP contribution in [0.25, 0.3) is 0 Å². The zero-order chi connectivity index (χ0) is 10.6. The fourth-order valence-corrected chi connectivity index (χ4v) is 0.763. The molecule has 0 bridgehead atoms. The van der Waals surface area contributed by atoms with E-state index >= 15 is 0 Å². The summed E-state index contributed by atoms with van der Waals surface area (Å²) in [6.07, 6.45) is -6.87. The van der Waals surface area contributed by atoms with Crippen molar-refractivity contribution in [1.29, 1.82) is 0 Å². The lowest BCUT2D eigenvalue weighted by atomic mass is 10.0. The summed E-state index contributed by atoms with van der Waals surface area (Å²) < 4.78 is 0. The number of hydrogen-bond donors (Lipinski definition) is 5. The van der Waals surface area contributed by atoms with Gasteiger partial charge in [0.05, 0.1) is 6.61 Å². The van der Waals surface area contributed by atoms with Crippen molar-refractivity contribution in [3.8, 4) is 0 Å². The van der Waals surface area contributed by atoms with Gasteiger partial charge in [-0.15, -0.1) is 0 Å². The lowest BCUT2D eigenvalue weighted by molar-refractivity contribution is -0.145. The molecule has 0 aromatic rings. The Balaban J connectivity index is 4.24. The second-order valence-corrected chi connectivity index (χ2v) is 2.79. The van der Waals surface area contributed by atoms with Gasteiger partial charge in [0.15, 0.2) is 5.78 Å². The zero-order valence-corrected chi connectivity index (χ0v) is 7.16. The number of carbonyl (C=O) groups is 1. The van der Waals surface area contributed by atoms with Gasteiger partial charge < -0.3 is 25.5 Å². The molecule has 0 heterocycles. The molecule has 0 aliphatic heterocycles. The molecule has 0 aromatic carbocycles. The first-order valence-electron chi connectivity index (χ1n) is 3.75. The average molecular weight is 194 g/mol. The first-order chi connectivity index (χ1) is 5.91. The summed E-state index contributed by atoms with van der Waals surface area (Å²) in [7, 11) is 0. The second kappa shape index (κ2) is 5.25. The summed E-state index contributed by atoms with van der Waals surface area (Å²) in [5, 5.41) is 44.3. The van der Waals surface area contributed by atoms with E-state index in [1.54, 1.807) is 0 Å². The van der Waals surface area contributed by atoms with Crippen LogP contribution < -0.4 is 0 Å². The predicted octanol–water partition coefficient (Wildman–Crippen LogP) is -2.99. The molecule has 6 heteroatoms. The van der Waals surface area contributed by atoms with Gasteiger partial charge in [-0.1, -0.05) is 0 Å². The van der Waals surface area contributed by atoms with Crippen molar-refractivity contribution in [1.82, 2.24) is 0 Å². The molecule has 78 valence electrons. The van der Waals surface area contributed by atoms with E-state index in [1.165, 1.54) is 0 Å². The van der Waals surface area contributed by atoms with E-state index in [9.17, 15) is 4.79 Å². The standard InChI is InChI=1S/C7H14O6/c1-3(9)5(11)7(13)6(12)4(10)2-8/h4-8,10-13H,2H2,1H3/t4-,5+,6+,7-/m1/s1. The number of hydrogen-bond acceptors (Lipinski definition) is 6. The van der Waals surface area contributed by atoms with Crippen molar-refractivity contribution in [3.05, 3.63) is 0 Å². The van der Waals surface area contributed by atoms with Gasteiger partial charge in [0.1, 0.15) is 24.4 Å². The highest BCUT2D eigenvalue weighted by atomic mass is 16.4. The second-order valence-electron chi connectivity index (χ2n) is 2.79. The molecular weight excluding hydrogens is 180 g/mol. The molecule has 0 fully saturated rings. The monoisotopic (exact) mass is 194 g/mol. The molecule has 0 saturated heterocycles. The molecule has 0 radical (unpaired) electrons. The smallest absolute Gasteiger partial charge is 0.160 e. The van der Waals surface area contributed by atoms with Crippen molar-refractivity contribution >= 4 is 5.78 Å². The maximum absolute atomic E-state index is 10.5. The Hall–Kier alpha value is -0.530. The fourth-order valence-electron chi connectivity index (χ4n) is 0.763. The van der Waals surface area contributed by atoms with Crippen LogP contribution >= 0.6 is 0 Å². The van der Waals surface area contributed by atoms with Gasteiger partial charge in [0, 0.05) is 0 Å². The highest BCUT2D eigenvalue weighted by Gasteiger charge is 2.32. The maximum atomic E-state index is 10.5. The van der Waals surface area contributed by atoms with Crippen LogP contribution in [0.4, 0.5) is 0 Å². The number of aliphatic hydroxyl groups is 5. The van der Waals surface area contributed by atoms with Gasteiger partial charge in [-0.05, 0) is 6.92 Å². The Kier molecular flexibility index (Phi) is 5.04. The van der Waals surface area contributed by atoms with Gasteiger partial charge in [-0.25, -0.2) is 0 Å². The molecule has 0 aromatic heterocycles. The van der Waals surface area contributed by atoms with Crippen LogP contribution in [0.2, 0.25) is 0 Å². The Labute approximate surface area is 75.1 Å². The van der Waals surface area contributed by atoms with Gasteiger partial charge in [-0.2, -0.15) is 0 Å². The lowest BCUT2D eigenvalue weighted by Crippen LogP contribution is -2.48. The van der Waals surface area contributed by atoms with E-state index < -0.39 is 36.8 Å². The van der Waals surface area contributed by atoms with Crippen LogP contribution in [0, 0.1) is 0 Å². The molecule has 0 saturated carbocycles. The molecular formula is C7H14O6. The van der Waals surface area contributed by atoms with E-state index in [-0.39, 0.29) is 0 Å². The van der Waals surface area contributed by atoms with Crippen molar-refractivity contribution < 1.29 is 30.3 Å². The van der Waals surface area contributed by atoms with E-state index in [0.717, 1.165) is 6.92 Å². The van der Waals surface area contributed by atoms with E-state index in [0.29, 0.717) is 0 Å². The number of aliphatic hydroxyl groups excluding tert-OH is 5. The number of rotatable bonds is 5. The first kappa shape index (κ1) is 12.5.